The molecule has 1 saturated carbocycles. The van der Waals surface area contributed by atoms with Gasteiger partial charge in [-0.3, -0.25) is 9.59 Å². The van der Waals surface area contributed by atoms with Crippen LogP contribution in [0.2, 0.25) is 0 Å². The van der Waals surface area contributed by atoms with Crippen molar-refractivity contribution in [2.24, 2.45) is 5.92 Å². The van der Waals surface area contributed by atoms with Gasteiger partial charge in [-0.05, 0) is 31.0 Å². The number of benzene rings is 1. The van der Waals surface area contributed by atoms with E-state index in [9.17, 15) is 14.4 Å². The summed E-state index contributed by atoms with van der Waals surface area (Å²) < 4.78 is 4.71. The minimum Gasteiger partial charge on any atom is -0.465 e. The quantitative estimate of drug-likeness (QED) is 0.855. The predicted molar refractivity (Wildman–Crippen MR) is 88.6 cm³/mol. The number of carbonyl (C=O) groups is 3. The highest BCUT2D eigenvalue weighted by atomic mass is 16.5. The summed E-state index contributed by atoms with van der Waals surface area (Å²) in [4.78, 5) is 37.9. The number of methoxy groups -OCH3 is 1. The van der Waals surface area contributed by atoms with Gasteiger partial charge >= 0.3 is 5.97 Å². The van der Waals surface area contributed by atoms with Crippen molar-refractivity contribution in [1.82, 2.24) is 5.32 Å². The highest BCUT2D eigenvalue weighted by Crippen LogP contribution is 2.27. The van der Waals surface area contributed by atoms with Gasteiger partial charge in [0, 0.05) is 24.7 Å². The molecule has 1 aromatic rings. The Morgan fingerprint density at radius 1 is 1.25 bits per heavy atom. The number of nitrogens with one attached hydrogen (secondary N) is 1. The number of amides is 2. The molecular weight excluding hydrogens is 308 g/mol. The summed E-state index contributed by atoms with van der Waals surface area (Å²) in [6, 6.07) is 6.99. The third-order valence-electron chi connectivity index (χ3n) is 4.78. The molecule has 1 saturated heterocycles. The zero-order valence-electron chi connectivity index (χ0n) is 13.8. The van der Waals surface area contributed by atoms with Crippen molar-refractivity contribution in [3.05, 3.63) is 29.8 Å². The maximum absolute atomic E-state index is 12.4. The maximum atomic E-state index is 12.4. The number of ether oxygens (including phenoxy) is 1. The first-order valence-electron chi connectivity index (χ1n) is 8.37. The van der Waals surface area contributed by atoms with Crippen LogP contribution >= 0.6 is 0 Å². The Labute approximate surface area is 141 Å². The van der Waals surface area contributed by atoms with Gasteiger partial charge in [0.1, 0.15) is 0 Å². The van der Waals surface area contributed by atoms with E-state index in [1.54, 1.807) is 29.2 Å². The second-order valence-corrected chi connectivity index (χ2v) is 6.44. The van der Waals surface area contributed by atoms with Gasteiger partial charge < -0.3 is 15.0 Å². The molecule has 1 atom stereocenters. The summed E-state index contributed by atoms with van der Waals surface area (Å²) in [6.45, 7) is 0.349. The molecule has 1 N–H and O–H groups in total. The van der Waals surface area contributed by atoms with Gasteiger partial charge in [0.05, 0.1) is 18.6 Å². The number of nitrogens with zero attached hydrogens (tertiary/aromatic N) is 1. The molecule has 128 valence electrons. The van der Waals surface area contributed by atoms with Crippen molar-refractivity contribution in [1.29, 1.82) is 0 Å². The van der Waals surface area contributed by atoms with Gasteiger partial charge in [-0.2, -0.15) is 0 Å². The van der Waals surface area contributed by atoms with E-state index >= 15 is 0 Å². The lowest BCUT2D eigenvalue weighted by atomic mass is 10.1. The lowest BCUT2D eigenvalue weighted by Crippen LogP contribution is -2.38. The number of rotatable bonds is 4. The van der Waals surface area contributed by atoms with E-state index in [1.165, 1.54) is 7.11 Å². The van der Waals surface area contributed by atoms with Crippen LogP contribution < -0.4 is 10.2 Å². The van der Waals surface area contributed by atoms with E-state index in [-0.39, 0.29) is 30.2 Å². The second-order valence-electron chi connectivity index (χ2n) is 6.44. The Balaban J connectivity index is 1.68. The van der Waals surface area contributed by atoms with Crippen molar-refractivity contribution in [2.45, 2.75) is 38.1 Å². The number of esters is 1. The van der Waals surface area contributed by atoms with Crippen LogP contribution in [0.3, 0.4) is 0 Å². The molecule has 1 heterocycles. The Morgan fingerprint density at radius 2 is 2.00 bits per heavy atom. The van der Waals surface area contributed by atoms with Gasteiger partial charge in [0.2, 0.25) is 11.8 Å². The van der Waals surface area contributed by atoms with Crippen LogP contribution in [0.1, 0.15) is 42.5 Å². The monoisotopic (exact) mass is 330 g/mol. The summed E-state index contributed by atoms with van der Waals surface area (Å²) in [5.41, 5.74) is 1.01. The van der Waals surface area contributed by atoms with Gasteiger partial charge in [0.15, 0.2) is 0 Å². The topological polar surface area (TPSA) is 75.7 Å². The third-order valence-corrected chi connectivity index (χ3v) is 4.78. The summed E-state index contributed by atoms with van der Waals surface area (Å²) in [7, 11) is 1.32. The molecule has 1 unspecified atom stereocenters. The second kappa shape index (κ2) is 7.03. The molecule has 0 spiro atoms. The van der Waals surface area contributed by atoms with E-state index in [4.69, 9.17) is 4.74 Å². The van der Waals surface area contributed by atoms with E-state index in [0.29, 0.717) is 17.8 Å². The summed E-state index contributed by atoms with van der Waals surface area (Å²) >= 11 is 0. The number of hydrogen-bond acceptors (Lipinski definition) is 4. The maximum Gasteiger partial charge on any atom is 0.337 e. The molecule has 6 nitrogen and oxygen atoms in total. The van der Waals surface area contributed by atoms with E-state index < -0.39 is 5.97 Å². The molecular formula is C18H22N2O4. The molecule has 6 heteroatoms. The first-order chi connectivity index (χ1) is 11.6. The zero-order chi connectivity index (χ0) is 17.1. The number of carbonyl (C=O) groups excluding carboxylic acids is 3. The zero-order valence-corrected chi connectivity index (χ0v) is 13.8. The van der Waals surface area contributed by atoms with Crippen LogP contribution in [-0.4, -0.2) is 37.5 Å². The number of hydrogen-bond donors (Lipinski definition) is 1. The summed E-state index contributed by atoms with van der Waals surface area (Å²) in [6.07, 6.45) is 4.57. The molecule has 2 aliphatic rings. The van der Waals surface area contributed by atoms with Crippen LogP contribution in [0.15, 0.2) is 24.3 Å². The first-order valence-corrected chi connectivity index (χ1v) is 8.37. The fourth-order valence-corrected chi connectivity index (χ4v) is 3.44. The highest BCUT2D eigenvalue weighted by Gasteiger charge is 2.36. The molecule has 0 radical (unpaired) electrons. The summed E-state index contributed by atoms with van der Waals surface area (Å²) in [5.74, 6) is -0.913. The minimum atomic E-state index is -0.445. The molecule has 1 aliphatic carbocycles. The van der Waals surface area contributed by atoms with Gasteiger partial charge in [-0.1, -0.05) is 18.9 Å². The Bertz CT molecular complexity index is 652. The number of anilines is 1. The van der Waals surface area contributed by atoms with E-state index in [1.807, 2.05) is 0 Å². The summed E-state index contributed by atoms with van der Waals surface area (Å²) in [5, 5.41) is 3.06. The van der Waals surface area contributed by atoms with Crippen LogP contribution in [0.5, 0.6) is 0 Å². The van der Waals surface area contributed by atoms with Crippen LogP contribution in [0, 0.1) is 5.92 Å². The lowest BCUT2D eigenvalue weighted by Gasteiger charge is -2.18. The lowest BCUT2D eigenvalue weighted by molar-refractivity contribution is -0.126. The SMILES string of the molecule is COC(=O)c1cccc(N2CC(C(=O)NC3CCCC3)CC2=O)c1. The van der Waals surface area contributed by atoms with Crippen molar-refractivity contribution >= 4 is 23.5 Å². The molecule has 24 heavy (non-hydrogen) atoms. The minimum absolute atomic E-state index is 0.0399. The van der Waals surface area contributed by atoms with Crippen LogP contribution in [0.4, 0.5) is 5.69 Å². The van der Waals surface area contributed by atoms with Gasteiger partial charge in [0.25, 0.3) is 0 Å². The molecule has 2 fully saturated rings. The largest absolute Gasteiger partial charge is 0.465 e. The van der Waals surface area contributed by atoms with Crippen LogP contribution in [0.25, 0.3) is 0 Å². The van der Waals surface area contributed by atoms with E-state index in [0.717, 1.165) is 25.7 Å². The Morgan fingerprint density at radius 3 is 2.71 bits per heavy atom. The molecule has 0 bridgehead atoms. The van der Waals surface area contributed by atoms with Crippen molar-refractivity contribution in [3.63, 3.8) is 0 Å². The average Bonchev–Trinajstić information content (AvgIpc) is 3.23. The third kappa shape index (κ3) is 3.42. The Hall–Kier alpha value is -2.37. The van der Waals surface area contributed by atoms with E-state index in [2.05, 4.69) is 5.32 Å². The molecule has 1 aliphatic heterocycles. The standard InChI is InChI=1S/C18H22N2O4/c1-24-18(23)12-5-4-8-15(9-12)20-11-13(10-16(20)21)17(22)19-14-6-2-3-7-14/h4-5,8-9,13-14H,2-3,6-7,10-11H2,1H3,(H,19,22). The van der Waals surface area contributed by atoms with Crippen molar-refractivity contribution in [3.8, 4) is 0 Å². The first kappa shape index (κ1) is 16.5. The molecule has 1 aromatic carbocycles. The Kier molecular flexibility index (Phi) is 4.83. The smallest absolute Gasteiger partial charge is 0.337 e. The van der Waals surface area contributed by atoms with Gasteiger partial charge in [-0.25, -0.2) is 4.79 Å². The fraction of sp³-hybridized carbons (Fsp3) is 0.500. The molecule has 2 amide bonds. The average molecular weight is 330 g/mol. The molecule has 0 aromatic heterocycles. The molecule has 3 rings (SSSR count). The normalized spacial score (nSPS) is 21.1. The van der Waals surface area contributed by atoms with Crippen molar-refractivity contribution in [2.75, 3.05) is 18.6 Å². The van der Waals surface area contributed by atoms with Crippen molar-refractivity contribution < 1.29 is 19.1 Å². The highest BCUT2D eigenvalue weighted by molar-refractivity contribution is 6.01. The van der Waals surface area contributed by atoms with Gasteiger partial charge in [-0.15, -0.1) is 0 Å². The predicted octanol–water partition coefficient (Wildman–Crippen LogP) is 1.88. The van der Waals surface area contributed by atoms with Crippen LogP contribution in [-0.2, 0) is 14.3 Å². The fourth-order valence-electron chi connectivity index (χ4n) is 3.44.